The van der Waals surface area contributed by atoms with Gasteiger partial charge in [0.1, 0.15) is 0 Å². The summed E-state index contributed by atoms with van der Waals surface area (Å²) >= 11 is 4.95. The van der Waals surface area contributed by atoms with Crippen molar-refractivity contribution in [3.05, 3.63) is 0 Å². The van der Waals surface area contributed by atoms with E-state index in [1.54, 1.807) is 0 Å². The highest BCUT2D eigenvalue weighted by molar-refractivity contribution is 14.1. The van der Waals surface area contributed by atoms with Crippen LogP contribution in [0.5, 0.6) is 0 Å². The van der Waals surface area contributed by atoms with Gasteiger partial charge in [0.05, 0.1) is 0 Å². The van der Waals surface area contributed by atoms with Gasteiger partial charge in [0.15, 0.2) is 0 Å². The molecule has 2 aliphatic rings. The zero-order chi connectivity index (χ0) is 11.2. The molecule has 15 heavy (non-hydrogen) atoms. The van der Waals surface area contributed by atoms with E-state index in [1.807, 2.05) is 0 Å². The number of hydrogen-bond donors (Lipinski definition) is 0. The molecule has 0 nitrogen and oxygen atoms in total. The fourth-order valence-corrected chi connectivity index (χ4v) is 7.06. The summed E-state index contributed by atoms with van der Waals surface area (Å²) in [6.45, 7) is 9.97. The first-order valence-corrected chi connectivity index (χ1v) is 8.48. The molecule has 0 bridgehead atoms. The van der Waals surface area contributed by atoms with Crippen LogP contribution in [0.25, 0.3) is 0 Å². The van der Waals surface area contributed by atoms with E-state index in [2.05, 4.69) is 62.0 Å². The summed E-state index contributed by atoms with van der Waals surface area (Å²) in [4.78, 5) is 0. The van der Waals surface area contributed by atoms with Crippen LogP contribution in [0.4, 0.5) is 0 Å². The summed E-state index contributed by atoms with van der Waals surface area (Å²) in [6.07, 6.45) is 2.85. The van der Waals surface area contributed by atoms with Crippen molar-refractivity contribution in [1.29, 1.82) is 0 Å². The van der Waals surface area contributed by atoms with E-state index in [-0.39, 0.29) is 0 Å². The van der Waals surface area contributed by atoms with Gasteiger partial charge in [-0.25, -0.2) is 0 Å². The maximum atomic E-state index is 2.69. The molecule has 2 heteroatoms. The Hall–Kier alpha value is 1.08. The highest BCUT2D eigenvalue weighted by Crippen LogP contribution is 2.55. The molecule has 5 atom stereocenters. The fourth-order valence-electron chi connectivity index (χ4n) is 3.63. The molecule has 1 saturated heterocycles. The third-order valence-electron chi connectivity index (χ3n) is 4.61. The van der Waals surface area contributed by atoms with Crippen LogP contribution < -0.4 is 0 Å². The minimum atomic E-state index is 0.577. The van der Waals surface area contributed by atoms with Crippen LogP contribution in [0.3, 0.4) is 0 Å². The Morgan fingerprint density at radius 2 is 1.93 bits per heavy atom. The van der Waals surface area contributed by atoms with Crippen molar-refractivity contribution >= 4 is 34.4 Å². The maximum Gasteiger partial charge on any atom is 0.0141 e. The first-order chi connectivity index (χ1) is 6.93. The third kappa shape index (κ3) is 2.22. The Kier molecular flexibility index (Phi) is 3.67. The molecule has 1 saturated carbocycles. The molecule has 88 valence electrons. The Labute approximate surface area is 112 Å². The van der Waals surface area contributed by atoms with E-state index in [9.17, 15) is 0 Å². The summed E-state index contributed by atoms with van der Waals surface area (Å²) < 4.78 is 0.900. The first-order valence-electron chi connectivity index (χ1n) is 6.19. The van der Waals surface area contributed by atoms with E-state index < -0.39 is 0 Å². The van der Waals surface area contributed by atoms with Crippen molar-refractivity contribution < 1.29 is 0 Å². The van der Waals surface area contributed by atoms with E-state index in [0.717, 1.165) is 26.9 Å². The van der Waals surface area contributed by atoms with Crippen LogP contribution >= 0.6 is 34.4 Å². The average Bonchev–Trinajstić information content (AvgIpc) is 2.13. The lowest BCUT2D eigenvalue weighted by molar-refractivity contribution is 0.0838. The molecule has 5 unspecified atom stereocenters. The zero-order valence-corrected chi connectivity index (χ0v) is 13.3. The molecule has 0 amide bonds. The number of fused-ring (bicyclic) bond motifs is 1. The molecule has 1 aliphatic heterocycles. The Bertz CT molecular complexity index is 239. The normalized spacial score (nSPS) is 49.8. The molecule has 0 radical (unpaired) electrons. The smallest absolute Gasteiger partial charge is 0.0141 e. The fraction of sp³-hybridized carbons (Fsp3) is 1.00. The van der Waals surface area contributed by atoms with Gasteiger partial charge in [-0.2, -0.15) is 11.8 Å². The van der Waals surface area contributed by atoms with Crippen LogP contribution in [0.2, 0.25) is 0 Å². The van der Waals surface area contributed by atoms with Gasteiger partial charge in [0, 0.05) is 9.17 Å². The van der Waals surface area contributed by atoms with Gasteiger partial charge < -0.3 is 0 Å². The highest BCUT2D eigenvalue weighted by atomic mass is 127. The van der Waals surface area contributed by atoms with Crippen molar-refractivity contribution in [3.63, 3.8) is 0 Å². The molecule has 1 heterocycles. The van der Waals surface area contributed by atoms with Gasteiger partial charge in [0.25, 0.3) is 0 Å². The molecular formula is C13H23IS. The highest BCUT2D eigenvalue weighted by Gasteiger charge is 2.49. The van der Waals surface area contributed by atoms with Crippen LogP contribution in [0.15, 0.2) is 0 Å². The van der Waals surface area contributed by atoms with E-state index in [1.165, 1.54) is 18.6 Å². The summed E-state index contributed by atoms with van der Waals surface area (Å²) in [5.74, 6) is 4.17. The first kappa shape index (κ1) is 12.5. The SMILES string of the molecule is CC1CC(I)C(C)C2C1SCCC2(C)C. The Morgan fingerprint density at radius 3 is 2.60 bits per heavy atom. The van der Waals surface area contributed by atoms with Crippen LogP contribution in [-0.2, 0) is 0 Å². The summed E-state index contributed by atoms with van der Waals surface area (Å²) in [6, 6.07) is 0. The van der Waals surface area contributed by atoms with Gasteiger partial charge in [-0.3, -0.25) is 0 Å². The predicted molar refractivity (Wildman–Crippen MR) is 78.9 cm³/mol. The predicted octanol–water partition coefficient (Wildman–Crippen LogP) is 4.61. The molecule has 0 aromatic rings. The molecule has 0 spiro atoms. The monoisotopic (exact) mass is 338 g/mol. The van der Waals surface area contributed by atoms with Crippen molar-refractivity contribution in [2.75, 3.05) is 5.75 Å². The van der Waals surface area contributed by atoms with Gasteiger partial charge in [0.2, 0.25) is 0 Å². The lowest BCUT2D eigenvalue weighted by Crippen LogP contribution is -2.50. The molecule has 2 rings (SSSR count). The van der Waals surface area contributed by atoms with Crippen LogP contribution in [-0.4, -0.2) is 14.9 Å². The second-order valence-electron chi connectivity index (χ2n) is 6.19. The van der Waals surface area contributed by atoms with Crippen molar-refractivity contribution in [1.82, 2.24) is 0 Å². The molecule has 0 aromatic carbocycles. The lowest BCUT2D eigenvalue weighted by atomic mass is 9.62. The second-order valence-corrected chi connectivity index (χ2v) is 9.07. The van der Waals surface area contributed by atoms with Gasteiger partial charge in [-0.05, 0) is 41.8 Å². The third-order valence-corrected chi connectivity index (χ3v) is 7.83. The largest absolute Gasteiger partial charge is 0.158 e. The summed E-state index contributed by atoms with van der Waals surface area (Å²) in [5, 5.41) is 0.940. The van der Waals surface area contributed by atoms with Gasteiger partial charge >= 0.3 is 0 Å². The summed E-state index contributed by atoms with van der Waals surface area (Å²) in [7, 11) is 0. The minimum absolute atomic E-state index is 0.577. The van der Waals surface area contributed by atoms with Crippen molar-refractivity contribution in [3.8, 4) is 0 Å². The quantitative estimate of drug-likeness (QED) is 0.459. The molecule has 1 aliphatic carbocycles. The number of alkyl halides is 1. The van der Waals surface area contributed by atoms with E-state index in [0.29, 0.717) is 5.41 Å². The number of rotatable bonds is 0. The Morgan fingerprint density at radius 1 is 1.27 bits per heavy atom. The Balaban J connectivity index is 2.26. The number of halogens is 1. The van der Waals surface area contributed by atoms with E-state index in [4.69, 9.17) is 0 Å². The second kappa shape index (κ2) is 4.40. The zero-order valence-electron chi connectivity index (χ0n) is 10.3. The van der Waals surface area contributed by atoms with Crippen molar-refractivity contribution in [2.24, 2.45) is 23.2 Å². The molecular weight excluding hydrogens is 315 g/mol. The topological polar surface area (TPSA) is 0 Å². The van der Waals surface area contributed by atoms with Gasteiger partial charge in [-0.15, -0.1) is 0 Å². The lowest BCUT2D eigenvalue weighted by Gasteiger charge is -2.53. The minimum Gasteiger partial charge on any atom is -0.158 e. The van der Waals surface area contributed by atoms with Crippen LogP contribution in [0.1, 0.15) is 40.5 Å². The summed E-state index contributed by atoms with van der Waals surface area (Å²) in [5.41, 5.74) is 0.577. The average molecular weight is 338 g/mol. The molecule has 2 fully saturated rings. The van der Waals surface area contributed by atoms with Gasteiger partial charge in [-0.1, -0.05) is 50.3 Å². The van der Waals surface area contributed by atoms with Crippen molar-refractivity contribution in [2.45, 2.75) is 49.7 Å². The maximum absolute atomic E-state index is 2.69. The molecule has 0 N–H and O–H groups in total. The number of hydrogen-bond acceptors (Lipinski definition) is 1. The standard InChI is InChI=1S/C13H23IS/c1-8-7-10(14)9(2)11-12(8)15-6-5-13(11,3)4/h8-12H,5-7H2,1-4H3. The molecule has 0 aromatic heterocycles. The number of thioether (sulfide) groups is 1. The van der Waals surface area contributed by atoms with E-state index >= 15 is 0 Å². The van der Waals surface area contributed by atoms with Crippen LogP contribution in [0, 0.1) is 23.2 Å².